The van der Waals surface area contributed by atoms with E-state index in [9.17, 15) is 9.59 Å². The predicted molar refractivity (Wildman–Crippen MR) is 157 cm³/mol. The summed E-state index contributed by atoms with van der Waals surface area (Å²) in [7, 11) is 0. The molecule has 0 saturated heterocycles. The Labute approximate surface area is 235 Å². The largest absolute Gasteiger partial charge is 0.483 e. The summed E-state index contributed by atoms with van der Waals surface area (Å²) in [6.45, 7) is 12.4. The van der Waals surface area contributed by atoms with Gasteiger partial charge in [0, 0.05) is 19.0 Å². The smallest absolute Gasteiger partial charge is 0.261 e. The van der Waals surface area contributed by atoms with Crippen molar-refractivity contribution in [3.63, 3.8) is 0 Å². The molecule has 5 nitrogen and oxygen atoms in total. The fraction of sp³-hybridized carbons (Fsp3) is 0.375. The minimum Gasteiger partial charge on any atom is -0.483 e. The zero-order valence-corrected chi connectivity index (χ0v) is 24.8. The lowest BCUT2D eigenvalue weighted by atomic mass is 9.87. The molecule has 0 aliphatic heterocycles. The Bertz CT molecular complexity index is 1230. The Morgan fingerprint density at radius 2 is 1.63 bits per heavy atom. The molecule has 0 aliphatic rings. The quantitative estimate of drug-likeness (QED) is 0.295. The first kappa shape index (κ1) is 29.4. The number of aryl methyl sites for hydroxylation is 1. The molecule has 0 spiro atoms. The number of amides is 2. The average Bonchev–Trinajstić information content (AvgIpc) is 2.85. The maximum atomic E-state index is 13.8. The molecule has 6 heteroatoms. The number of carbonyl (C=O) groups is 2. The van der Waals surface area contributed by atoms with Gasteiger partial charge in [-0.05, 0) is 70.9 Å². The van der Waals surface area contributed by atoms with E-state index < -0.39 is 6.04 Å². The summed E-state index contributed by atoms with van der Waals surface area (Å²) in [4.78, 5) is 28.9. The Hall–Kier alpha value is -3.12. The molecule has 3 rings (SSSR count). The van der Waals surface area contributed by atoms with Crippen LogP contribution >= 0.6 is 15.9 Å². The number of halogens is 1. The third-order valence-corrected chi connectivity index (χ3v) is 6.91. The van der Waals surface area contributed by atoms with Crippen LogP contribution in [0.3, 0.4) is 0 Å². The monoisotopic (exact) mass is 578 g/mol. The highest BCUT2D eigenvalue weighted by Crippen LogP contribution is 2.31. The molecule has 0 heterocycles. The van der Waals surface area contributed by atoms with Crippen molar-refractivity contribution in [1.29, 1.82) is 0 Å². The molecule has 0 radical (unpaired) electrons. The number of nitrogens with zero attached hydrogens (tertiary/aromatic N) is 1. The molecule has 1 unspecified atom stereocenters. The number of nitrogens with one attached hydrogen (secondary N) is 1. The molecule has 1 N–H and O–H groups in total. The lowest BCUT2D eigenvalue weighted by Crippen LogP contribution is -2.52. The lowest BCUT2D eigenvalue weighted by molar-refractivity contribution is -0.143. The van der Waals surface area contributed by atoms with Gasteiger partial charge in [0.25, 0.3) is 5.91 Å². The van der Waals surface area contributed by atoms with E-state index in [-0.39, 0.29) is 29.9 Å². The number of rotatable bonds is 10. The predicted octanol–water partition coefficient (Wildman–Crippen LogP) is 6.60. The van der Waals surface area contributed by atoms with Gasteiger partial charge in [-0.25, -0.2) is 0 Å². The maximum absolute atomic E-state index is 13.8. The van der Waals surface area contributed by atoms with Crippen molar-refractivity contribution in [2.75, 3.05) is 6.61 Å². The molecule has 0 saturated carbocycles. The first-order chi connectivity index (χ1) is 17.9. The van der Waals surface area contributed by atoms with Crippen LogP contribution in [-0.2, 0) is 28.0 Å². The molecule has 0 aromatic heterocycles. The van der Waals surface area contributed by atoms with E-state index in [0.717, 1.165) is 26.7 Å². The van der Waals surface area contributed by atoms with E-state index in [0.29, 0.717) is 18.7 Å². The van der Waals surface area contributed by atoms with Crippen molar-refractivity contribution in [3.8, 4) is 5.75 Å². The average molecular weight is 580 g/mol. The van der Waals surface area contributed by atoms with Gasteiger partial charge in [0.1, 0.15) is 11.8 Å². The summed E-state index contributed by atoms with van der Waals surface area (Å²) < 4.78 is 6.79. The first-order valence-corrected chi connectivity index (χ1v) is 13.9. The van der Waals surface area contributed by atoms with E-state index in [1.54, 1.807) is 4.90 Å². The van der Waals surface area contributed by atoms with E-state index in [1.807, 2.05) is 93.6 Å². The lowest BCUT2D eigenvalue weighted by Gasteiger charge is -2.32. The standard InChI is InChI=1S/C32H39BrN2O3/c1-22(2)34-31(37)28(18-24-12-8-7-9-13-24)35(20-25-14-10-11-23(3)17-25)30(36)21-38-29-16-15-26(19-27(29)33)32(4,5)6/h7-17,19,22,28H,18,20-21H2,1-6H3,(H,34,37). The fourth-order valence-corrected chi connectivity index (χ4v) is 4.74. The molecule has 3 aromatic carbocycles. The number of hydrogen-bond donors (Lipinski definition) is 1. The molecule has 2 amide bonds. The van der Waals surface area contributed by atoms with Gasteiger partial charge in [0.05, 0.1) is 4.47 Å². The Balaban J connectivity index is 1.91. The van der Waals surface area contributed by atoms with Crippen molar-refractivity contribution in [1.82, 2.24) is 10.2 Å². The number of benzene rings is 3. The molecule has 38 heavy (non-hydrogen) atoms. The number of carbonyl (C=O) groups excluding carboxylic acids is 2. The van der Waals surface area contributed by atoms with Crippen LogP contribution < -0.4 is 10.1 Å². The van der Waals surface area contributed by atoms with E-state index >= 15 is 0 Å². The van der Waals surface area contributed by atoms with Gasteiger partial charge in [-0.2, -0.15) is 0 Å². The minimum atomic E-state index is -0.692. The second-order valence-corrected chi connectivity index (χ2v) is 11.9. The van der Waals surface area contributed by atoms with Crippen LogP contribution in [-0.4, -0.2) is 35.4 Å². The van der Waals surface area contributed by atoms with Gasteiger partial charge in [0.2, 0.25) is 5.91 Å². The van der Waals surface area contributed by atoms with Crippen LogP contribution in [0.25, 0.3) is 0 Å². The van der Waals surface area contributed by atoms with Gasteiger partial charge in [0.15, 0.2) is 6.61 Å². The van der Waals surface area contributed by atoms with Crippen LogP contribution in [0.5, 0.6) is 5.75 Å². The van der Waals surface area contributed by atoms with Crippen molar-refractivity contribution in [2.45, 2.75) is 72.0 Å². The second-order valence-electron chi connectivity index (χ2n) is 11.1. The summed E-state index contributed by atoms with van der Waals surface area (Å²) >= 11 is 3.60. The van der Waals surface area contributed by atoms with Crippen molar-refractivity contribution in [3.05, 3.63) is 99.5 Å². The van der Waals surface area contributed by atoms with Crippen LogP contribution in [0.4, 0.5) is 0 Å². The summed E-state index contributed by atoms with van der Waals surface area (Å²) in [5.41, 5.74) is 4.21. The normalized spacial score (nSPS) is 12.2. The molecular formula is C32H39BrN2O3. The molecule has 0 bridgehead atoms. The zero-order chi connectivity index (χ0) is 27.9. The van der Waals surface area contributed by atoms with Crippen LogP contribution in [0.1, 0.15) is 56.9 Å². The number of hydrogen-bond acceptors (Lipinski definition) is 3. The van der Waals surface area contributed by atoms with Gasteiger partial charge in [-0.1, -0.05) is 87.0 Å². The first-order valence-electron chi connectivity index (χ1n) is 13.1. The molecule has 0 fully saturated rings. The van der Waals surface area contributed by atoms with Crippen LogP contribution in [0, 0.1) is 6.92 Å². The highest BCUT2D eigenvalue weighted by molar-refractivity contribution is 9.10. The van der Waals surface area contributed by atoms with Gasteiger partial charge in [-0.3, -0.25) is 9.59 Å². The second kappa shape index (κ2) is 13.1. The molecule has 0 aliphatic carbocycles. The molecule has 1 atom stereocenters. The SMILES string of the molecule is Cc1cccc(CN(C(=O)COc2ccc(C(C)(C)C)cc2Br)C(Cc2ccccc2)C(=O)NC(C)C)c1. The van der Waals surface area contributed by atoms with Crippen LogP contribution in [0.15, 0.2) is 77.3 Å². The molecule has 3 aromatic rings. The van der Waals surface area contributed by atoms with E-state index in [4.69, 9.17) is 4.74 Å². The highest BCUT2D eigenvalue weighted by atomic mass is 79.9. The van der Waals surface area contributed by atoms with Crippen molar-refractivity contribution < 1.29 is 14.3 Å². The third-order valence-electron chi connectivity index (χ3n) is 6.29. The van der Waals surface area contributed by atoms with Gasteiger partial charge in [-0.15, -0.1) is 0 Å². The van der Waals surface area contributed by atoms with E-state index in [1.165, 1.54) is 0 Å². The molecular weight excluding hydrogens is 540 g/mol. The van der Waals surface area contributed by atoms with Crippen molar-refractivity contribution in [2.24, 2.45) is 0 Å². The maximum Gasteiger partial charge on any atom is 0.261 e. The van der Waals surface area contributed by atoms with Gasteiger partial charge < -0.3 is 15.0 Å². The Morgan fingerprint density at radius 3 is 2.24 bits per heavy atom. The minimum absolute atomic E-state index is 0.00405. The summed E-state index contributed by atoms with van der Waals surface area (Å²) in [5, 5.41) is 3.02. The van der Waals surface area contributed by atoms with E-state index in [2.05, 4.69) is 42.0 Å². The Morgan fingerprint density at radius 1 is 0.947 bits per heavy atom. The summed E-state index contributed by atoms with van der Waals surface area (Å²) in [6, 6.07) is 23.0. The summed E-state index contributed by atoms with van der Waals surface area (Å²) in [5.74, 6) is 0.159. The number of ether oxygens (including phenoxy) is 1. The molecule has 202 valence electrons. The highest BCUT2D eigenvalue weighted by Gasteiger charge is 2.31. The fourth-order valence-electron chi connectivity index (χ4n) is 4.25. The van der Waals surface area contributed by atoms with Gasteiger partial charge >= 0.3 is 0 Å². The van der Waals surface area contributed by atoms with Crippen molar-refractivity contribution >= 4 is 27.7 Å². The van der Waals surface area contributed by atoms with Crippen LogP contribution in [0.2, 0.25) is 0 Å². The Kier molecular flexibility index (Phi) is 10.1. The summed E-state index contributed by atoms with van der Waals surface area (Å²) in [6.07, 6.45) is 0.404. The topological polar surface area (TPSA) is 58.6 Å². The zero-order valence-electron chi connectivity index (χ0n) is 23.3. The third kappa shape index (κ3) is 8.45.